The van der Waals surface area contributed by atoms with Crippen molar-refractivity contribution >= 4 is 7.82 Å². The predicted molar refractivity (Wildman–Crippen MR) is 66.4 cm³/mol. The average Bonchev–Trinajstić information content (AvgIpc) is 2.33. The lowest BCUT2D eigenvalue weighted by atomic mass is 9.83. The zero-order chi connectivity index (χ0) is 13.4. The molecule has 1 heterocycles. The highest BCUT2D eigenvalue weighted by Gasteiger charge is 2.44. The minimum atomic E-state index is -3.94. The number of hydrogen-bond acceptors (Lipinski definition) is 4. The predicted octanol–water partition coefficient (Wildman–Crippen LogP) is 2.91. The molecule has 1 aliphatic rings. The van der Waals surface area contributed by atoms with Crippen LogP contribution in [0.1, 0.15) is 25.5 Å². The summed E-state index contributed by atoms with van der Waals surface area (Å²) < 4.78 is 26.6. The van der Waals surface area contributed by atoms with Gasteiger partial charge in [-0.25, -0.2) is 4.57 Å². The van der Waals surface area contributed by atoms with Gasteiger partial charge in [0.25, 0.3) is 0 Å². The molecule has 1 aromatic carbocycles. The molecule has 0 bridgehead atoms. The zero-order valence-corrected chi connectivity index (χ0v) is 11.5. The lowest BCUT2D eigenvalue weighted by Crippen LogP contribution is -2.33. The van der Waals surface area contributed by atoms with Crippen molar-refractivity contribution < 1.29 is 23.2 Å². The van der Waals surface area contributed by atoms with Crippen molar-refractivity contribution in [3.05, 3.63) is 29.8 Å². The molecule has 1 fully saturated rings. The Morgan fingerprint density at radius 3 is 2.56 bits per heavy atom. The molecule has 6 heteroatoms. The number of ether oxygens (including phenoxy) is 1. The number of benzene rings is 1. The minimum absolute atomic E-state index is 0.178. The van der Waals surface area contributed by atoms with Crippen molar-refractivity contribution in [2.45, 2.75) is 20.0 Å². The monoisotopic (exact) mass is 272 g/mol. The van der Waals surface area contributed by atoms with E-state index in [9.17, 15) is 9.46 Å². The first-order valence-corrected chi connectivity index (χ1v) is 7.13. The third kappa shape index (κ3) is 2.75. The van der Waals surface area contributed by atoms with E-state index in [2.05, 4.69) is 0 Å². The molecule has 2 rings (SSSR count). The van der Waals surface area contributed by atoms with Crippen molar-refractivity contribution in [2.75, 3.05) is 13.7 Å². The molecule has 0 aliphatic carbocycles. The van der Waals surface area contributed by atoms with E-state index in [-0.39, 0.29) is 12.0 Å². The van der Waals surface area contributed by atoms with Gasteiger partial charge < -0.3 is 9.63 Å². The maximum atomic E-state index is 11.5. The van der Waals surface area contributed by atoms with Gasteiger partial charge >= 0.3 is 7.82 Å². The second kappa shape index (κ2) is 4.67. The summed E-state index contributed by atoms with van der Waals surface area (Å²) in [5, 5.41) is 0. The third-order valence-electron chi connectivity index (χ3n) is 2.97. The quantitative estimate of drug-likeness (QED) is 0.838. The highest BCUT2D eigenvalue weighted by atomic mass is 31.2. The molecule has 0 radical (unpaired) electrons. The first-order chi connectivity index (χ1) is 8.34. The van der Waals surface area contributed by atoms with Gasteiger partial charge in [0.05, 0.1) is 13.7 Å². The summed E-state index contributed by atoms with van der Waals surface area (Å²) in [6.45, 7) is 4.04. The summed E-state index contributed by atoms with van der Waals surface area (Å²) in [6.07, 6.45) is -0.479. The second-order valence-corrected chi connectivity index (χ2v) is 6.40. The summed E-state index contributed by atoms with van der Waals surface area (Å²) >= 11 is 0. The van der Waals surface area contributed by atoms with Crippen LogP contribution in [0.4, 0.5) is 0 Å². The minimum Gasteiger partial charge on any atom is -0.497 e. The first-order valence-electron chi connectivity index (χ1n) is 5.64. The van der Waals surface area contributed by atoms with Crippen LogP contribution in [0, 0.1) is 5.41 Å². The summed E-state index contributed by atoms with van der Waals surface area (Å²) in [5.74, 6) is 0.732. The Morgan fingerprint density at radius 1 is 1.39 bits per heavy atom. The van der Waals surface area contributed by atoms with Gasteiger partial charge in [0.1, 0.15) is 11.9 Å². The Kier molecular flexibility index (Phi) is 3.52. The van der Waals surface area contributed by atoms with Crippen LogP contribution in [0.2, 0.25) is 0 Å². The van der Waals surface area contributed by atoms with Crippen LogP contribution in [0.25, 0.3) is 0 Å². The Hall–Kier alpha value is -0.870. The number of rotatable bonds is 2. The molecular formula is C12H17O5P. The summed E-state index contributed by atoms with van der Waals surface area (Å²) in [4.78, 5) is 9.43. The van der Waals surface area contributed by atoms with E-state index >= 15 is 0 Å². The Labute approximate surface area is 106 Å². The van der Waals surface area contributed by atoms with Gasteiger partial charge in [0.15, 0.2) is 0 Å². The van der Waals surface area contributed by atoms with Crippen LogP contribution in [-0.2, 0) is 13.6 Å². The summed E-state index contributed by atoms with van der Waals surface area (Å²) in [6, 6.07) is 7.26. The van der Waals surface area contributed by atoms with Crippen molar-refractivity contribution in [3.8, 4) is 5.75 Å². The van der Waals surface area contributed by atoms with E-state index in [1.54, 1.807) is 19.2 Å². The first kappa shape index (κ1) is 13.6. The fourth-order valence-corrected chi connectivity index (χ4v) is 3.15. The van der Waals surface area contributed by atoms with Gasteiger partial charge in [-0.2, -0.15) is 0 Å². The number of phosphoric acid groups is 1. The molecule has 5 nitrogen and oxygen atoms in total. The standard InChI is InChI=1S/C12H17O5P/c1-12(2)8-16-18(13,14)17-11(12)9-4-6-10(15-3)7-5-9/h4-7,11H,8H2,1-3H3,(H,13,14)/t11-/m1/s1. The molecular weight excluding hydrogens is 255 g/mol. The van der Waals surface area contributed by atoms with Gasteiger partial charge in [-0.05, 0) is 17.7 Å². The van der Waals surface area contributed by atoms with Gasteiger partial charge in [-0.3, -0.25) is 9.05 Å². The Bertz CT molecular complexity index is 468. The number of phosphoric ester groups is 1. The van der Waals surface area contributed by atoms with Crippen LogP contribution in [0.5, 0.6) is 5.75 Å². The molecule has 1 unspecified atom stereocenters. The third-order valence-corrected chi connectivity index (χ3v) is 3.90. The van der Waals surface area contributed by atoms with Gasteiger partial charge in [-0.15, -0.1) is 0 Å². The van der Waals surface area contributed by atoms with E-state index in [4.69, 9.17) is 13.8 Å². The van der Waals surface area contributed by atoms with Crippen molar-refractivity contribution in [3.63, 3.8) is 0 Å². The van der Waals surface area contributed by atoms with Crippen LogP contribution >= 0.6 is 7.82 Å². The second-order valence-electron chi connectivity index (χ2n) is 4.99. The Morgan fingerprint density at radius 2 is 2.00 bits per heavy atom. The molecule has 0 aromatic heterocycles. The van der Waals surface area contributed by atoms with Crippen molar-refractivity contribution in [1.29, 1.82) is 0 Å². The smallest absolute Gasteiger partial charge is 0.472 e. The lowest BCUT2D eigenvalue weighted by Gasteiger charge is -2.39. The van der Waals surface area contributed by atoms with Gasteiger partial charge in [0.2, 0.25) is 0 Å². The topological polar surface area (TPSA) is 65.0 Å². The summed E-state index contributed by atoms with van der Waals surface area (Å²) in [5.41, 5.74) is 0.462. The normalized spacial score (nSPS) is 31.0. The molecule has 1 aromatic rings. The van der Waals surface area contributed by atoms with Crippen molar-refractivity contribution in [1.82, 2.24) is 0 Å². The molecule has 1 aliphatic heterocycles. The molecule has 1 N–H and O–H groups in total. The summed E-state index contributed by atoms with van der Waals surface area (Å²) in [7, 11) is -2.35. The SMILES string of the molecule is COc1ccc([C@H]2OP(=O)(O)OCC2(C)C)cc1. The fourth-order valence-electron chi connectivity index (χ4n) is 1.92. The molecule has 0 spiro atoms. The number of methoxy groups -OCH3 is 1. The maximum Gasteiger partial charge on any atom is 0.472 e. The van der Waals surface area contributed by atoms with E-state index in [0.29, 0.717) is 0 Å². The van der Waals surface area contributed by atoms with Crippen LogP contribution < -0.4 is 4.74 Å². The molecule has 0 amide bonds. The molecule has 1 saturated heterocycles. The van der Waals surface area contributed by atoms with E-state index < -0.39 is 13.9 Å². The zero-order valence-electron chi connectivity index (χ0n) is 10.6. The van der Waals surface area contributed by atoms with E-state index in [1.165, 1.54) is 0 Å². The fraction of sp³-hybridized carbons (Fsp3) is 0.500. The van der Waals surface area contributed by atoms with E-state index in [1.807, 2.05) is 26.0 Å². The Balaban J connectivity index is 2.30. The lowest BCUT2D eigenvalue weighted by molar-refractivity contribution is -0.0472. The van der Waals surface area contributed by atoms with Crippen LogP contribution in [-0.4, -0.2) is 18.6 Å². The maximum absolute atomic E-state index is 11.5. The van der Waals surface area contributed by atoms with Gasteiger partial charge in [-0.1, -0.05) is 26.0 Å². The molecule has 2 atom stereocenters. The molecule has 18 heavy (non-hydrogen) atoms. The molecule has 100 valence electrons. The van der Waals surface area contributed by atoms with Crippen molar-refractivity contribution in [2.24, 2.45) is 5.41 Å². The van der Waals surface area contributed by atoms with Crippen LogP contribution in [0.3, 0.4) is 0 Å². The number of hydrogen-bond donors (Lipinski definition) is 1. The molecule has 0 saturated carbocycles. The van der Waals surface area contributed by atoms with Crippen LogP contribution in [0.15, 0.2) is 24.3 Å². The van der Waals surface area contributed by atoms with E-state index in [0.717, 1.165) is 11.3 Å². The largest absolute Gasteiger partial charge is 0.497 e. The average molecular weight is 272 g/mol. The highest BCUT2D eigenvalue weighted by Crippen LogP contribution is 2.58. The van der Waals surface area contributed by atoms with Gasteiger partial charge in [0, 0.05) is 5.41 Å². The highest BCUT2D eigenvalue weighted by molar-refractivity contribution is 7.47.